The topological polar surface area (TPSA) is 61.8 Å². The summed E-state index contributed by atoms with van der Waals surface area (Å²) >= 11 is 0. The minimum absolute atomic E-state index is 0.606. The third-order valence-corrected chi connectivity index (χ3v) is 2.50. The summed E-state index contributed by atoms with van der Waals surface area (Å²) in [6.07, 6.45) is 1.13. The molecule has 0 bridgehead atoms. The normalized spacial score (nSPS) is 11.8. The van der Waals surface area contributed by atoms with E-state index in [1.54, 1.807) is 12.1 Å². The van der Waals surface area contributed by atoms with Crippen LogP contribution in [-0.4, -0.2) is 6.54 Å². The summed E-state index contributed by atoms with van der Waals surface area (Å²) in [5.74, 6) is 0.606. The Morgan fingerprint density at radius 1 is 1.53 bits per heavy atom. The number of nitrogens with one attached hydrogen (secondary N) is 1. The average molecular weight is 203 g/mol. The van der Waals surface area contributed by atoms with Crippen LogP contribution in [-0.2, 0) is 0 Å². The van der Waals surface area contributed by atoms with Crippen LogP contribution in [0.25, 0.3) is 0 Å². The molecule has 0 spiro atoms. The highest BCUT2D eigenvalue weighted by atomic mass is 14.9. The zero-order valence-corrected chi connectivity index (χ0v) is 9.25. The van der Waals surface area contributed by atoms with Gasteiger partial charge in [-0.05, 0) is 24.1 Å². The van der Waals surface area contributed by atoms with Crippen LogP contribution < -0.4 is 11.1 Å². The lowest BCUT2D eigenvalue weighted by Crippen LogP contribution is -2.11. The molecule has 3 heteroatoms. The first-order valence-electron chi connectivity index (χ1n) is 5.20. The predicted octanol–water partition coefficient (Wildman–Crippen LogP) is 2.60. The van der Waals surface area contributed by atoms with Crippen LogP contribution in [0.5, 0.6) is 0 Å². The Morgan fingerprint density at radius 2 is 2.27 bits per heavy atom. The van der Waals surface area contributed by atoms with Crippen molar-refractivity contribution < 1.29 is 0 Å². The Bertz CT molecular complexity index is 366. The van der Waals surface area contributed by atoms with Gasteiger partial charge in [0, 0.05) is 12.2 Å². The summed E-state index contributed by atoms with van der Waals surface area (Å²) in [5, 5.41) is 12.2. The fraction of sp³-hybridized carbons (Fsp3) is 0.417. The molecule has 0 aliphatic rings. The predicted molar refractivity (Wildman–Crippen MR) is 63.5 cm³/mol. The van der Waals surface area contributed by atoms with Crippen molar-refractivity contribution in [1.29, 1.82) is 5.26 Å². The van der Waals surface area contributed by atoms with Crippen LogP contribution in [0.4, 0.5) is 11.4 Å². The molecule has 0 amide bonds. The number of rotatable bonds is 4. The molecule has 0 aromatic heterocycles. The first-order chi connectivity index (χ1) is 7.17. The number of nitrogen functional groups attached to an aromatic ring is 1. The third kappa shape index (κ3) is 3.17. The first-order valence-corrected chi connectivity index (χ1v) is 5.20. The molecule has 3 nitrogen and oxygen atoms in total. The smallest absolute Gasteiger partial charge is 0.101 e. The van der Waals surface area contributed by atoms with Gasteiger partial charge in [0.25, 0.3) is 0 Å². The van der Waals surface area contributed by atoms with Crippen molar-refractivity contribution >= 4 is 11.4 Å². The van der Waals surface area contributed by atoms with Gasteiger partial charge in [0.15, 0.2) is 0 Å². The molecule has 1 aromatic rings. The number of nitrogens with two attached hydrogens (primary N) is 1. The van der Waals surface area contributed by atoms with E-state index < -0.39 is 0 Å². The molecule has 0 aliphatic carbocycles. The summed E-state index contributed by atoms with van der Waals surface area (Å²) < 4.78 is 0. The average Bonchev–Trinajstić information content (AvgIpc) is 2.26. The SMILES string of the molecule is CCC(C)CNc1ccc(N)cc1C#N. The maximum Gasteiger partial charge on any atom is 0.101 e. The third-order valence-electron chi connectivity index (χ3n) is 2.50. The second-order valence-corrected chi connectivity index (χ2v) is 3.81. The molecule has 3 N–H and O–H groups in total. The molecule has 0 heterocycles. The lowest BCUT2D eigenvalue weighted by atomic mass is 10.1. The van der Waals surface area contributed by atoms with Crippen molar-refractivity contribution in [1.82, 2.24) is 0 Å². The molecule has 1 rings (SSSR count). The number of nitriles is 1. The zero-order valence-electron chi connectivity index (χ0n) is 9.25. The summed E-state index contributed by atoms with van der Waals surface area (Å²) in [5.41, 5.74) is 7.71. The van der Waals surface area contributed by atoms with Gasteiger partial charge in [-0.2, -0.15) is 5.26 Å². The second-order valence-electron chi connectivity index (χ2n) is 3.81. The van der Waals surface area contributed by atoms with Crippen molar-refractivity contribution in [3.05, 3.63) is 23.8 Å². The van der Waals surface area contributed by atoms with Gasteiger partial charge >= 0.3 is 0 Å². The highest BCUT2D eigenvalue weighted by molar-refractivity contribution is 5.62. The first kappa shape index (κ1) is 11.4. The molecule has 1 atom stereocenters. The van der Waals surface area contributed by atoms with Gasteiger partial charge in [0.2, 0.25) is 0 Å². The van der Waals surface area contributed by atoms with E-state index in [4.69, 9.17) is 11.0 Å². The molecular weight excluding hydrogens is 186 g/mol. The van der Waals surface area contributed by atoms with E-state index in [0.29, 0.717) is 17.2 Å². The van der Waals surface area contributed by atoms with E-state index in [1.165, 1.54) is 0 Å². The largest absolute Gasteiger partial charge is 0.399 e. The summed E-state index contributed by atoms with van der Waals surface area (Å²) in [6.45, 7) is 5.21. The molecular formula is C12H17N3. The van der Waals surface area contributed by atoms with Gasteiger partial charge in [-0.15, -0.1) is 0 Å². The monoisotopic (exact) mass is 203 g/mol. The van der Waals surface area contributed by atoms with Gasteiger partial charge in [0.1, 0.15) is 6.07 Å². The number of hydrogen-bond donors (Lipinski definition) is 2. The number of nitrogens with zero attached hydrogens (tertiary/aromatic N) is 1. The van der Waals surface area contributed by atoms with E-state index in [-0.39, 0.29) is 0 Å². The molecule has 15 heavy (non-hydrogen) atoms. The van der Waals surface area contributed by atoms with Crippen LogP contribution in [0.3, 0.4) is 0 Å². The van der Waals surface area contributed by atoms with Gasteiger partial charge in [-0.1, -0.05) is 20.3 Å². The van der Waals surface area contributed by atoms with E-state index in [9.17, 15) is 0 Å². The molecule has 1 aromatic carbocycles. The van der Waals surface area contributed by atoms with E-state index >= 15 is 0 Å². The Labute approximate surface area is 90.9 Å². The summed E-state index contributed by atoms with van der Waals surface area (Å²) in [4.78, 5) is 0. The van der Waals surface area contributed by atoms with Crippen molar-refractivity contribution in [2.45, 2.75) is 20.3 Å². The maximum atomic E-state index is 8.92. The fourth-order valence-electron chi connectivity index (χ4n) is 1.24. The van der Waals surface area contributed by atoms with Crippen molar-refractivity contribution in [2.24, 2.45) is 5.92 Å². The van der Waals surface area contributed by atoms with Crippen LogP contribution in [0.2, 0.25) is 0 Å². The lowest BCUT2D eigenvalue weighted by molar-refractivity contribution is 0.593. The van der Waals surface area contributed by atoms with E-state index in [1.807, 2.05) is 6.07 Å². The van der Waals surface area contributed by atoms with E-state index in [2.05, 4.69) is 25.2 Å². The van der Waals surface area contributed by atoms with Crippen molar-refractivity contribution in [3.8, 4) is 6.07 Å². The van der Waals surface area contributed by atoms with Gasteiger partial charge < -0.3 is 11.1 Å². The Hall–Kier alpha value is -1.69. The minimum Gasteiger partial charge on any atom is -0.399 e. The van der Waals surface area contributed by atoms with Gasteiger partial charge in [-0.3, -0.25) is 0 Å². The standard InChI is InChI=1S/C12H17N3/c1-3-9(2)8-15-12-5-4-11(14)6-10(12)7-13/h4-6,9,15H,3,8,14H2,1-2H3. The van der Waals surface area contributed by atoms with E-state index in [0.717, 1.165) is 18.7 Å². The molecule has 0 aliphatic heterocycles. The van der Waals surface area contributed by atoms with Crippen molar-refractivity contribution in [3.63, 3.8) is 0 Å². The molecule has 0 fully saturated rings. The zero-order chi connectivity index (χ0) is 11.3. The summed E-state index contributed by atoms with van der Waals surface area (Å²) in [6, 6.07) is 7.49. The van der Waals surface area contributed by atoms with Crippen molar-refractivity contribution in [2.75, 3.05) is 17.6 Å². The summed E-state index contributed by atoms with van der Waals surface area (Å²) in [7, 11) is 0. The van der Waals surface area contributed by atoms with Gasteiger partial charge in [-0.25, -0.2) is 0 Å². The van der Waals surface area contributed by atoms with Crippen LogP contribution >= 0.6 is 0 Å². The lowest BCUT2D eigenvalue weighted by Gasteiger charge is -2.12. The molecule has 80 valence electrons. The molecule has 1 unspecified atom stereocenters. The quantitative estimate of drug-likeness (QED) is 0.739. The fourth-order valence-corrected chi connectivity index (χ4v) is 1.24. The minimum atomic E-state index is 0.606. The highest BCUT2D eigenvalue weighted by Gasteiger charge is 2.03. The number of anilines is 2. The Kier molecular flexibility index (Phi) is 3.99. The molecule has 0 radical (unpaired) electrons. The second kappa shape index (κ2) is 5.26. The van der Waals surface area contributed by atoms with Crippen LogP contribution in [0.1, 0.15) is 25.8 Å². The Balaban J connectivity index is 2.73. The number of hydrogen-bond acceptors (Lipinski definition) is 3. The molecule has 0 saturated carbocycles. The van der Waals surface area contributed by atoms with Gasteiger partial charge in [0.05, 0.1) is 11.3 Å². The molecule has 0 saturated heterocycles. The highest BCUT2D eigenvalue weighted by Crippen LogP contribution is 2.18. The number of benzene rings is 1. The Morgan fingerprint density at radius 3 is 2.87 bits per heavy atom. The van der Waals surface area contributed by atoms with Crippen LogP contribution in [0.15, 0.2) is 18.2 Å². The van der Waals surface area contributed by atoms with Crippen LogP contribution in [0, 0.1) is 17.2 Å². The maximum absolute atomic E-state index is 8.92.